The maximum absolute atomic E-state index is 12.3. The Hall–Kier alpha value is -3.94. The summed E-state index contributed by atoms with van der Waals surface area (Å²) in [4.78, 5) is 32.0. The summed E-state index contributed by atoms with van der Waals surface area (Å²) in [7, 11) is 0. The summed E-state index contributed by atoms with van der Waals surface area (Å²) in [6.45, 7) is 2.23. The van der Waals surface area contributed by atoms with Crippen LogP contribution in [0.25, 0.3) is 0 Å². The summed E-state index contributed by atoms with van der Waals surface area (Å²) in [5.41, 5.74) is 2.50. The molecule has 2 N–H and O–H groups in total. The Balaban J connectivity index is 1.34. The van der Waals surface area contributed by atoms with Gasteiger partial charge in [0.15, 0.2) is 17.3 Å². The minimum atomic E-state index is -0.331. The van der Waals surface area contributed by atoms with Crippen molar-refractivity contribution in [1.29, 1.82) is 0 Å². The number of nitrogens with zero attached hydrogens (tertiary/aromatic N) is 2. The van der Waals surface area contributed by atoms with Crippen LogP contribution in [0.1, 0.15) is 33.2 Å². The topological polar surface area (TPSA) is 102 Å². The smallest absolute Gasteiger partial charge is 0.258 e. The third-order valence-electron chi connectivity index (χ3n) is 4.35. The fourth-order valence-corrected chi connectivity index (χ4v) is 2.76. The van der Waals surface area contributed by atoms with Crippen LogP contribution in [-0.2, 0) is 6.54 Å². The minimum Gasteiger partial charge on any atom is -0.454 e. The largest absolute Gasteiger partial charge is 0.454 e. The van der Waals surface area contributed by atoms with Crippen LogP contribution in [0.2, 0.25) is 0 Å². The van der Waals surface area contributed by atoms with Gasteiger partial charge >= 0.3 is 0 Å². The highest BCUT2D eigenvalue weighted by molar-refractivity contribution is 6.04. The molecule has 29 heavy (non-hydrogen) atoms. The molecule has 1 aliphatic heterocycles. The first-order valence-corrected chi connectivity index (χ1v) is 8.95. The van der Waals surface area contributed by atoms with E-state index in [1.54, 1.807) is 24.3 Å². The standard InChI is InChI=1S/C21H18N4O4/c1-13(26)15-3-5-17(6-4-15)25-20(27)16-10-23-21(24-11-16)22-9-14-2-7-18-19(8-14)29-12-28-18/h2-8,10-11H,9,12H2,1H3,(H,25,27)(H,22,23,24). The summed E-state index contributed by atoms with van der Waals surface area (Å²) in [6, 6.07) is 12.4. The molecule has 1 aliphatic rings. The second kappa shape index (κ2) is 7.97. The summed E-state index contributed by atoms with van der Waals surface area (Å²) in [5, 5.41) is 5.85. The van der Waals surface area contributed by atoms with Gasteiger partial charge < -0.3 is 20.1 Å². The average molecular weight is 390 g/mol. The van der Waals surface area contributed by atoms with Crippen molar-refractivity contribution < 1.29 is 19.1 Å². The van der Waals surface area contributed by atoms with Gasteiger partial charge in [0.05, 0.1) is 5.56 Å². The second-order valence-corrected chi connectivity index (χ2v) is 6.42. The molecule has 4 rings (SSSR count). The van der Waals surface area contributed by atoms with E-state index in [2.05, 4.69) is 20.6 Å². The van der Waals surface area contributed by atoms with E-state index >= 15 is 0 Å². The Morgan fingerprint density at radius 3 is 2.41 bits per heavy atom. The molecule has 1 amide bonds. The van der Waals surface area contributed by atoms with E-state index in [1.165, 1.54) is 19.3 Å². The fraction of sp³-hybridized carbons (Fsp3) is 0.143. The number of carbonyl (C=O) groups is 2. The van der Waals surface area contributed by atoms with Gasteiger partial charge in [-0.15, -0.1) is 0 Å². The highest BCUT2D eigenvalue weighted by atomic mass is 16.7. The molecule has 0 unspecified atom stereocenters. The van der Waals surface area contributed by atoms with E-state index in [4.69, 9.17) is 9.47 Å². The molecule has 0 radical (unpaired) electrons. The minimum absolute atomic E-state index is 0.0277. The quantitative estimate of drug-likeness (QED) is 0.623. The van der Waals surface area contributed by atoms with Crippen molar-refractivity contribution in [2.24, 2.45) is 0 Å². The van der Waals surface area contributed by atoms with Crippen LogP contribution in [0.4, 0.5) is 11.6 Å². The number of ether oxygens (including phenoxy) is 2. The summed E-state index contributed by atoms with van der Waals surface area (Å²) >= 11 is 0. The molecule has 2 heterocycles. The number of carbonyl (C=O) groups excluding carboxylic acids is 2. The van der Waals surface area contributed by atoms with Gasteiger partial charge in [-0.3, -0.25) is 9.59 Å². The van der Waals surface area contributed by atoms with Gasteiger partial charge in [0.2, 0.25) is 12.7 Å². The van der Waals surface area contributed by atoms with E-state index in [0.29, 0.717) is 35.1 Å². The van der Waals surface area contributed by atoms with E-state index in [9.17, 15) is 9.59 Å². The summed E-state index contributed by atoms with van der Waals surface area (Å²) in [6.07, 6.45) is 2.91. The van der Waals surface area contributed by atoms with Gasteiger partial charge in [-0.05, 0) is 48.9 Å². The Bertz CT molecular complexity index is 1050. The molecule has 146 valence electrons. The number of hydrogen-bond donors (Lipinski definition) is 2. The zero-order valence-electron chi connectivity index (χ0n) is 15.6. The Morgan fingerprint density at radius 1 is 0.966 bits per heavy atom. The average Bonchev–Trinajstić information content (AvgIpc) is 3.21. The number of fused-ring (bicyclic) bond motifs is 1. The molecule has 8 heteroatoms. The van der Waals surface area contributed by atoms with Crippen molar-refractivity contribution in [1.82, 2.24) is 9.97 Å². The molecular weight excluding hydrogens is 372 g/mol. The van der Waals surface area contributed by atoms with Gasteiger partial charge in [-0.25, -0.2) is 9.97 Å². The van der Waals surface area contributed by atoms with Crippen LogP contribution in [0.3, 0.4) is 0 Å². The van der Waals surface area contributed by atoms with E-state index in [-0.39, 0.29) is 18.5 Å². The molecular formula is C21H18N4O4. The van der Waals surface area contributed by atoms with Crippen molar-refractivity contribution in [2.45, 2.75) is 13.5 Å². The van der Waals surface area contributed by atoms with Gasteiger partial charge in [0.1, 0.15) is 0 Å². The second-order valence-electron chi connectivity index (χ2n) is 6.42. The first kappa shape index (κ1) is 18.4. The number of ketones is 1. The molecule has 0 saturated heterocycles. The number of Topliss-reactive ketones (excluding diaryl/α,β-unsaturated/α-hetero) is 1. The van der Waals surface area contributed by atoms with E-state index in [0.717, 1.165) is 11.3 Å². The third kappa shape index (κ3) is 4.32. The molecule has 0 aliphatic carbocycles. The van der Waals surface area contributed by atoms with Gasteiger partial charge in [-0.2, -0.15) is 0 Å². The fourth-order valence-electron chi connectivity index (χ4n) is 2.76. The molecule has 1 aromatic heterocycles. The molecule has 8 nitrogen and oxygen atoms in total. The van der Waals surface area contributed by atoms with Crippen molar-refractivity contribution in [3.63, 3.8) is 0 Å². The van der Waals surface area contributed by atoms with Crippen molar-refractivity contribution in [2.75, 3.05) is 17.4 Å². The Kier molecular flexibility index (Phi) is 5.07. The lowest BCUT2D eigenvalue weighted by Gasteiger charge is -2.08. The van der Waals surface area contributed by atoms with Crippen LogP contribution < -0.4 is 20.1 Å². The van der Waals surface area contributed by atoms with E-state index < -0.39 is 0 Å². The third-order valence-corrected chi connectivity index (χ3v) is 4.35. The first-order chi connectivity index (χ1) is 14.1. The summed E-state index contributed by atoms with van der Waals surface area (Å²) in [5.74, 6) is 1.50. The number of amides is 1. The zero-order chi connectivity index (χ0) is 20.2. The number of hydrogen-bond acceptors (Lipinski definition) is 7. The lowest BCUT2D eigenvalue weighted by molar-refractivity contribution is 0.101. The molecule has 0 saturated carbocycles. The predicted octanol–water partition coefficient (Wildman–Crippen LogP) is 3.27. The van der Waals surface area contributed by atoms with Crippen molar-refractivity contribution in [3.05, 3.63) is 71.5 Å². The van der Waals surface area contributed by atoms with Crippen molar-refractivity contribution in [3.8, 4) is 11.5 Å². The van der Waals surface area contributed by atoms with Gasteiger partial charge in [-0.1, -0.05) is 6.07 Å². The molecule has 2 aromatic carbocycles. The van der Waals surface area contributed by atoms with Crippen molar-refractivity contribution >= 4 is 23.3 Å². The molecule has 0 bridgehead atoms. The molecule has 0 fully saturated rings. The molecule has 0 atom stereocenters. The number of rotatable bonds is 6. The lowest BCUT2D eigenvalue weighted by atomic mass is 10.1. The SMILES string of the molecule is CC(=O)c1ccc(NC(=O)c2cnc(NCc3ccc4c(c3)OCO4)nc2)cc1. The zero-order valence-corrected chi connectivity index (χ0v) is 15.6. The van der Waals surface area contributed by atoms with E-state index in [1.807, 2.05) is 18.2 Å². The van der Waals surface area contributed by atoms with Gasteiger partial charge in [0.25, 0.3) is 5.91 Å². The number of benzene rings is 2. The van der Waals surface area contributed by atoms with Crippen LogP contribution in [0, 0.1) is 0 Å². The summed E-state index contributed by atoms with van der Waals surface area (Å²) < 4.78 is 10.6. The normalized spacial score (nSPS) is 11.8. The molecule has 0 spiro atoms. The molecule has 3 aromatic rings. The lowest BCUT2D eigenvalue weighted by Crippen LogP contribution is -2.13. The highest BCUT2D eigenvalue weighted by Crippen LogP contribution is 2.32. The number of nitrogens with one attached hydrogen (secondary N) is 2. The monoisotopic (exact) mass is 390 g/mol. The number of anilines is 2. The maximum Gasteiger partial charge on any atom is 0.258 e. The van der Waals surface area contributed by atoms with Crippen LogP contribution in [0.15, 0.2) is 54.9 Å². The maximum atomic E-state index is 12.3. The Morgan fingerprint density at radius 2 is 1.69 bits per heavy atom. The Labute approximate surface area is 166 Å². The predicted molar refractivity (Wildman–Crippen MR) is 106 cm³/mol. The first-order valence-electron chi connectivity index (χ1n) is 8.95. The van der Waals surface area contributed by atoms with Crippen LogP contribution >= 0.6 is 0 Å². The highest BCUT2D eigenvalue weighted by Gasteiger charge is 2.13. The number of aromatic nitrogens is 2. The van der Waals surface area contributed by atoms with Crippen LogP contribution in [-0.4, -0.2) is 28.5 Å². The van der Waals surface area contributed by atoms with Crippen LogP contribution in [0.5, 0.6) is 11.5 Å². The van der Waals surface area contributed by atoms with Gasteiger partial charge in [0, 0.05) is 30.2 Å².